The minimum Gasteiger partial charge on any atom is -0.485 e. The largest absolute Gasteiger partial charge is 0.485 e. The standard InChI is InChI=1S/C32H48O5Si/c1-31(2,3)38(6,7)37-29-15-13-27-25-11-8-20-18-22(10-12-23(20)24(25)16-17-32(27,29)4)36-28-14-9-21(33)19-26(28)30(34)35-5/h10,12,18-19,21,24-25,27-29,33H,8-9,11,13-17H2,1-7H3/t21-,24-,25-,27+,28+,29+,32+/m1/s1. The van der Waals surface area contributed by atoms with Crippen molar-refractivity contribution < 1.29 is 23.8 Å². The zero-order valence-electron chi connectivity index (χ0n) is 24.5. The van der Waals surface area contributed by atoms with Crippen LogP contribution in [0, 0.1) is 17.3 Å². The number of aliphatic hydroxyl groups is 1. The molecule has 38 heavy (non-hydrogen) atoms. The molecule has 2 fully saturated rings. The number of aliphatic hydroxyl groups excluding tert-OH is 1. The third-order valence-corrected chi connectivity index (χ3v) is 15.5. The molecule has 210 valence electrons. The van der Waals surface area contributed by atoms with Gasteiger partial charge in [0.15, 0.2) is 8.32 Å². The fraction of sp³-hybridized carbons (Fsp3) is 0.719. The van der Waals surface area contributed by atoms with Gasteiger partial charge in [-0.15, -0.1) is 0 Å². The van der Waals surface area contributed by atoms with Gasteiger partial charge in [-0.1, -0.05) is 33.8 Å². The molecule has 0 unspecified atom stereocenters. The van der Waals surface area contributed by atoms with E-state index in [1.807, 2.05) is 0 Å². The molecule has 0 heterocycles. The van der Waals surface area contributed by atoms with E-state index in [1.165, 1.54) is 50.3 Å². The number of methoxy groups -OCH3 is 1. The van der Waals surface area contributed by atoms with Gasteiger partial charge in [-0.05, 0) is 122 Å². The Kier molecular flexibility index (Phi) is 7.41. The van der Waals surface area contributed by atoms with Gasteiger partial charge in [0, 0.05) is 0 Å². The summed E-state index contributed by atoms with van der Waals surface area (Å²) in [5, 5.41) is 10.3. The lowest BCUT2D eigenvalue weighted by atomic mass is 9.55. The molecule has 5 rings (SSSR count). The van der Waals surface area contributed by atoms with Crippen molar-refractivity contribution in [2.24, 2.45) is 17.3 Å². The average molecular weight is 541 g/mol. The van der Waals surface area contributed by atoms with Gasteiger partial charge in [0.25, 0.3) is 0 Å². The third-order valence-electron chi connectivity index (χ3n) is 11.0. The van der Waals surface area contributed by atoms with E-state index in [9.17, 15) is 9.90 Å². The van der Waals surface area contributed by atoms with Gasteiger partial charge in [0.2, 0.25) is 0 Å². The molecule has 4 aliphatic rings. The smallest absolute Gasteiger partial charge is 0.337 e. The van der Waals surface area contributed by atoms with E-state index < -0.39 is 20.4 Å². The summed E-state index contributed by atoms with van der Waals surface area (Å²) in [5.41, 5.74) is 3.62. The van der Waals surface area contributed by atoms with Gasteiger partial charge >= 0.3 is 5.97 Å². The normalized spacial score (nSPS) is 35.0. The maximum atomic E-state index is 12.3. The van der Waals surface area contributed by atoms with Gasteiger partial charge in [-0.2, -0.15) is 0 Å². The summed E-state index contributed by atoms with van der Waals surface area (Å²) in [7, 11) is -0.426. The van der Waals surface area contributed by atoms with Crippen molar-refractivity contribution in [3.63, 3.8) is 0 Å². The average Bonchev–Trinajstić information content (AvgIpc) is 3.19. The Balaban J connectivity index is 1.31. The molecule has 1 aromatic rings. The first-order valence-electron chi connectivity index (χ1n) is 14.8. The Bertz CT molecular complexity index is 1090. The Labute approximate surface area is 230 Å². The van der Waals surface area contributed by atoms with Crippen LogP contribution < -0.4 is 4.74 Å². The molecule has 0 aromatic heterocycles. The summed E-state index contributed by atoms with van der Waals surface area (Å²) in [4.78, 5) is 12.3. The number of aryl methyl sites for hydroxylation is 1. The fourth-order valence-electron chi connectivity index (χ4n) is 7.79. The molecule has 2 saturated carbocycles. The number of hydrogen-bond donors (Lipinski definition) is 1. The number of benzene rings is 1. The summed E-state index contributed by atoms with van der Waals surface area (Å²) >= 11 is 0. The lowest BCUT2D eigenvalue weighted by Crippen LogP contribution is -2.50. The molecule has 1 N–H and O–H groups in total. The van der Waals surface area contributed by atoms with Gasteiger partial charge in [-0.3, -0.25) is 0 Å². The van der Waals surface area contributed by atoms with E-state index in [4.69, 9.17) is 13.9 Å². The van der Waals surface area contributed by atoms with Gasteiger partial charge in [0.05, 0.1) is 24.9 Å². The second-order valence-corrected chi connectivity index (χ2v) is 18.9. The second kappa shape index (κ2) is 10.1. The van der Waals surface area contributed by atoms with Crippen molar-refractivity contribution in [1.29, 1.82) is 0 Å². The predicted octanol–water partition coefficient (Wildman–Crippen LogP) is 6.93. The Morgan fingerprint density at radius 1 is 1.08 bits per heavy atom. The summed E-state index contributed by atoms with van der Waals surface area (Å²) in [5.74, 6) is 2.47. The zero-order chi connectivity index (χ0) is 27.5. The molecular weight excluding hydrogens is 492 g/mol. The first-order chi connectivity index (χ1) is 17.8. The first kappa shape index (κ1) is 27.9. The minimum absolute atomic E-state index is 0.243. The summed E-state index contributed by atoms with van der Waals surface area (Å²) < 4.78 is 18.3. The summed E-state index contributed by atoms with van der Waals surface area (Å²) in [6.45, 7) is 14.4. The second-order valence-electron chi connectivity index (χ2n) is 14.1. The molecule has 1 aromatic carbocycles. The highest BCUT2D eigenvalue weighted by molar-refractivity contribution is 6.74. The zero-order valence-corrected chi connectivity index (χ0v) is 25.5. The molecule has 0 saturated heterocycles. The number of fused-ring (bicyclic) bond motifs is 5. The fourth-order valence-corrected chi connectivity index (χ4v) is 9.24. The molecule has 0 spiro atoms. The molecular formula is C32H48O5Si. The van der Waals surface area contributed by atoms with Crippen molar-refractivity contribution in [1.82, 2.24) is 0 Å². The molecule has 5 nitrogen and oxygen atoms in total. The van der Waals surface area contributed by atoms with Crippen LogP contribution in [0.15, 0.2) is 29.8 Å². The molecule has 0 aliphatic heterocycles. The molecule has 0 amide bonds. The van der Waals surface area contributed by atoms with Crippen LogP contribution in [0.5, 0.6) is 5.75 Å². The highest BCUT2D eigenvalue weighted by Gasteiger charge is 2.57. The van der Waals surface area contributed by atoms with Crippen LogP contribution in [-0.2, 0) is 20.4 Å². The van der Waals surface area contributed by atoms with E-state index >= 15 is 0 Å². The van der Waals surface area contributed by atoms with Crippen LogP contribution in [-0.4, -0.2) is 44.8 Å². The molecule has 6 heteroatoms. The maximum absolute atomic E-state index is 12.3. The van der Waals surface area contributed by atoms with Gasteiger partial charge < -0.3 is 19.0 Å². The predicted molar refractivity (Wildman–Crippen MR) is 153 cm³/mol. The number of rotatable bonds is 5. The van der Waals surface area contributed by atoms with Crippen molar-refractivity contribution in [3.8, 4) is 5.75 Å². The van der Waals surface area contributed by atoms with E-state index in [0.717, 1.165) is 24.0 Å². The lowest BCUT2D eigenvalue weighted by molar-refractivity contribution is -0.137. The summed E-state index contributed by atoms with van der Waals surface area (Å²) in [6.07, 6.45) is 9.47. The summed E-state index contributed by atoms with van der Waals surface area (Å²) in [6, 6.07) is 6.59. The topological polar surface area (TPSA) is 65.0 Å². The maximum Gasteiger partial charge on any atom is 0.337 e. The number of ether oxygens (including phenoxy) is 2. The van der Waals surface area contributed by atoms with Crippen molar-refractivity contribution in [2.45, 2.75) is 121 Å². The molecule has 7 atom stereocenters. The monoisotopic (exact) mass is 540 g/mol. The highest BCUT2D eigenvalue weighted by atomic mass is 28.4. The van der Waals surface area contributed by atoms with E-state index in [1.54, 1.807) is 6.08 Å². The number of carbonyl (C=O) groups excluding carboxylic acids is 1. The quantitative estimate of drug-likeness (QED) is 0.324. The first-order valence-corrected chi connectivity index (χ1v) is 17.7. The van der Waals surface area contributed by atoms with Crippen LogP contribution in [0.1, 0.15) is 89.7 Å². The van der Waals surface area contributed by atoms with Crippen molar-refractivity contribution in [3.05, 3.63) is 41.0 Å². The third kappa shape index (κ3) is 4.90. The van der Waals surface area contributed by atoms with Crippen molar-refractivity contribution >= 4 is 14.3 Å². The van der Waals surface area contributed by atoms with Crippen LogP contribution in [0.25, 0.3) is 0 Å². The molecule has 0 bridgehead atoms. The Morgan fingerprint density at radius 3 is 2.55 bits per heavy atom. The van der Waals surface area contributed by atoms with E-state index in [2.05, 4.69) is 59.0 Å². The molecule has 4 aliphatic carbocycles. The number of esters is 1. The van der Waals surface area contributed by atoms with Crippen LogP contribution in [0.4, 0.5) is 0 Å². The van der Waals surface area contributed by atoms with Crippen LogP contribution >= 0.6 is 0 Å². The molecule has 0 radical (unpaired) electrons. The SMILES string of the molecule is COC(=O)C1=C[C@H](O)CC[C@@H]1Oc1ccc2c(c1)CC[C@@H]1[C@@H]2CC[C@]2(C)[C@@H](O[Si](C)(C)C(C)(C)C)CC[C@@H]12. The Hall–Kier alpha value is -1.63. The number of hydrogen-bond acceptors (Lipinski definition) is 5. The van der Waals surface area contributed by atoms with Crippen LogP contribution in [0.3, 0.4) is 0 Å². The van der Waals surface area contributed by atoms with Crippen LogP contribution in [0.2, 0.25) is 18.1 Å². The van der Waals surface area contributed by atoms with E-state index in [0.29, 0.717) is 35.9 Å². The van der Waals surface area contributed by atoms with Gasteiger partial charge in [0.1, 0.15) is 11.9 Å². The Morgan fingerprint density at radius 2 is 1.84 bits per heavy atom. The van der Waals surface area contributed by atoms with E-state index in [-0.39, 0.29) is 11.1 Å². The highest BCUT2D eigenvalue weighted by Crippen LogP contribution is 2.62. The lowest BCUT2D eigenvalue weighted by Gasteiger charge is -2.52. The number of carbonyl (C=O) groups is 1. The minimum atomic E-state index is -1.80. The van der Waals surface area contributed by atoms with Gasteiger partial charge in [-0.25, -0.2) is 4.79 Å². The van der Waals surface area contributed by atoms with Crippen molar-refractivity contribution in [2.75, 3.05) is 7.11 Å².